The Bertz CT molecular complexity index is 336. The van der Waals surface area contributed by atoms with Crippen LogP contribution in [0.15, 0.2) is 0 Å². The second-order valence-electron chi connectivity index (χ2n) is 7.03. The van der Waals surface area contributed by atoms with Crippen LogP contribution < -0.4 is 0 Å². The molecule has 0 unspecified atom stereocenters. The molecule has 0 aromatic heterocycles. The van der Waals surface area contributed by atoms with Gasteiger partial charge in [0.05, 0.1) is 5.92 Å². The van der Waals surface area contributed by atoms with Crippen LogP contribution in [0, 0.1) is 11.3 Å². The monoisotopic (exact) mass is 294 g/mol. The largest absolute Gasteiger partial charge is 0.462 e. The topological polar surface area (TPSA) is 43.4 Å². The number of carbonyl (C=O) groups is 2. The van der Waals surface area contributed by atoms with Crippen molar-refractivity contribution in [2.45, 2.75) is 90.1 Å². The van der Waals surface area contributed by atoms with Crippen LogP contribution in [0.2, 0.25) is 0 Å². The first-order chi connectivity index (χ1) is 10.2. The Morgan fingerprint density at radius 2 is 1.81 bits per heavy atom. The summed E-state index contributed by atoms with van der Waals surface area (Å²) in [6.45, 7) is 2.21. The molecular formula is C18H30O3. The molecule has 0 atom stereocenters. The molecule has 2 aliphatic rings. The molecular weight excluding hydrogens is 264 g/mol. The summed E-state index contributed by atoms with van der Waals surface area (Å²) >= 11 is 0. The average molecular weight is 294 g/mol. The van der Waals surface area contributed by atoms with Crippen LogP contribution >= 0.6 is 0 Å². The van der Waals surface area contributed by atoms with Crippen molar-refractivity contribution < 1.29 is 14.3 Å². The second-order valence-corrected chi connectivity index (χ2v) is 7.03. The summed E-state index contributed by atoms with van der Waals surface area (Å²) in [4.78, 5) is 22.9. The summed E-state index contributed by atoms with van der Waals surface area (Å²) in [7, 11) is 0. The maximum absolute atomic E-state index is 12.3. The minimum absolute atomic E-state index is 0.0435. The van der Waals surface area contributed by atoms with E-state index in [0.717, 1.165) is 57.7 Å². The van der Waals surface area contributed by atoms with Crippen molar-refractivity contribution in [2.24, 2.45) is 11.3 Å². The zero-order chi connectivity index (χ0) is 15.1. The van der Waals surface area contributed by atoms with Gasteiger partial charge in [-0.15, -0.1) is 0 Å². The molecule has 21 heavy (non-hydrogen) atoms. The molecule has 0 spiro atoms. The zero-order valence-corrected chi connectivity index (χ0v) is 13.4. The van der Waals surface area contributed by atoms with E-state index >= 15 is 0 Å². The molecule has 0 aromatic carbocycles. The fourth-order valence-electron chi connectivity index (χ4n) is 4.05. The number of aldehydes is 1. The predicted molar refractivity (Wildman–Crippen MR) is 82.9 cm³/mol. The van der Waals surface area contributed by atoms with E-state index in [-0.39, 0.29) is 18.0 Å². The molecule has 2 saturated carbocycles. The third-order valence-electron chi connectivity index (χ3n) is 5.76. The van der Waals surface area contributed by atoms with Gasteiger partial charge in [0.25, 0.3) is 0 Å². The number of rotatable bonds is 6. The molecule has 2 aliphatic carbocycles. The van der Waals surface area contributed by atoms with Crippen LogP contribution in [0.3, 0.4) is 0 Å². The second kappa shape index (κ2) is 7.95. The van der Waals surface area contributed by atoms with Crippen LogP contribution in [0.1, 0.15) is 84.0 Å². The lowest BCUT2D eigenvalue weighted by atomic mass is 9.66. The van der Waals surface area contributed by atoms with E-state index in [1.54, 1.807) is 0 Å². The average Bonchev–Trinajstić information content (AvgIpc) is 2.54. The van der Waals surface area contributed by atoms with Gasteiger partial charge >= 0.3 is 5.97 Å². The third kappa shape index (κ3) is 4.55. The van der Waals surface area contributed by atoms with Gasteiger partial charge in [-0.1, -0.05) is 19.8 Å². The first-order valence-corrected chi connectivity index (χ1v) is 8.83. The molecule has 0 aromatic rings. The summed E-state index contributed by atoms with van der Waals surface area (Å²) in [5, 5.41) is 0. The van der Waals surface area contributed by atoms with E-state index in [0.29, 0.717) is 11.8 Å². The lowest BCUT2D eigenvalue weighted by Gasteiger charge is -2.39. The highest BCUT2D eigenvalue weighted by Crippen LogP contribution is 2.45. The van der Waals surface area contributed by atoms with Crippen LogP contribution in [-0.4, -0.2) is 18.4 Å². The Morgan fingerprint density at radius 1 is 1.14 bits per heavy atom. The van der Waals surface area contributed by atoms with E-state index in [1.807, 2.05) is 0 Å². The van der Waals surface area contributed by atoms with Gasteiger partial charge in [-0.2, -0.15) is 0 Å². The highest BCUT2D eigenvalue weighted by molar-refractivity contribution is 5.72. The predicted octanol–water partition coefficient (Wildman–Crippen LogP) is 4.43. The Balaban J connectivity index is 1.79. The van der Waals surface area contributed by atoms with Crippen LogP contribution in [0.4, 0.5) is 0 Å². The Morgan fingerprint density at radius 3 is 2.38 bits per heavy atom. The molecule has 0 aliphatic heterocycles. The smallest absolute Gasteiger partial charge is 0.309 e. The van der Waals surface area contributed by atoms with Gasteiger partial charge in [-0.3, -0.25) is 4.79 Å². The van der Waals surface area contributed by atoms with Crippen molar-refractivity contribution in [1.29, 1.82) is 0 Å². The van der Waals surface area contributed by atoms with Crippen molar-refractivity contribution in [3.63, 3.8) is 0 Å². The summed E-state index contributed by atoms with van der Waals surface area (Å²) in [5.74, 6) is 0.143. The van der Waals surface area contributed by atoms with Gasteiger partial charge in [-0.25, -0.2) is 0 Å². The third-order valence-corrected chi connectivity index (χ3v) is 5.76. The number of hydrogen-bond donors (Lipinski definition) is 0. The summed E-state index contributed by atoms with van der Waals surface area (Å²) in [6.07, 6.45) is 13.8. The fourth-order valence-corrected chi connectivity index (χ4v) is 4.05. The standard InChI is InChI=1S/C18H30O3/c1-2-18(11-6-14-19)12-9-15(10-13-18)17(20)21-16-7-4-3-5-8-16/h14-16H,2-13H2,1H3. The van der Waals surface area contributed by atoms with Crippen molar-refractivity contribution >= 4 is 12.3 Å². The summed E-state index contributed by atoms with van der Waals surface area (Å²) in [6, 6.07) is 0. The molecule has 120 valence electrons. The van der Waals surface area contributed by atoms with E-state index < -0.39 is 0 Å². The maximum Gasteiger partial charge on any atom is 0.309 e. The van der Waals surface area contributed by atoms with Crippen LogP contribution in [0.5, 0.6) is 0 Å². The highest BCUT2D eigenvalue weighted by Gasteiger charge is 2.36. The molecule has 3 heteroatoms. The van der Waals surface area contributed by atoms with Crippen LogP contribution in [0.25, 0.3) is 0 Å². The number of esters is 1. The van der Waals surface area contributed by atoms with Gasteiger partial charge < -0.3 is 9.53 Å². The highest BCUT2D eigenvalue weighted by atomic mass is 16.5. The molecule has 2 rings (SSSR count). The lowest BCUT2D eigenvalue weighted by Crippen LogP contribution is -2.33. The molecule has 0 heterocycles. The molecule has 0 saturated heterocycles. The Labute approximate surface area is 128 Å². The minimum atomic E-state index is 0.0435. The minimum Gasteiger partial charge on any atom is -0.462 e. The normalized spacial score (nSPS) is 30.8. The van der Waals surface area contributed by atoms with Gasteiger partial charge in [0.1, 0.15) is 12.4 Å². The summed E-state index contributed by atoms with van der Waals surface area (Å²) in [5.41, 5.74) is 0.294. The molecule has 0 N–H and O–H groups in total. The quantitative estimate of drug-likeness (QED) is 0.537. The zero-order valence-electron chi connectivity index (χ0n) is 13.4. The Kier molecular flexibility index (Phi) is 6.25. The van der Waals surface area contributed by atoms with Crippen molar-refractivity contribution in [1.82, 2.24) is 0 Å². The van der Waals surface area contributed by atoms with E-state index in [4.69, 9.17) is 4.74 Å². The Hall–Kier alpha value is -0.860. The van der Waals surface area contributed by atoms with Crippen molar-refractivity contribution in [3.8, 4) is 0 Å². The van der Waals surface area contributed by atoms with Crippen molar-refractivity contribution in [3.05, 3.63) is 0 Å². The first kappa shape index (κ1) is 16.5. The number of hydrogen-bond acceptors (Lipinski definition) is 3. The SMILES string of the molecule is CCC1(CCC=O)CCC(C(=O)OC2CCCCC2)CC1. The van der Waals surface area contributed by atoms with Gasteiger partial charge in [0, 0.05) is 6.42 Å². The maximum atomic E-state index is 12.3. The van der Waals surface area contributed by atoms with Gasteiger partial charge in [-0.05, 0) is 63.2 Å². The first-order valence-electron chi connectivity index (χ1n) is 8.83. The van der Waals surface area contributed by atoms with Gasteiger partial charge in [0.15, 0.2) is 0 Å². The lowest BCUT2D eigenvalue weighted by molar-refractivity contribution is -0.157. The number of carbonyl (C=O) groups excluding carboxylic acids is 2. The van der Waals surface area contributed by atoms with Gasteiger partial charge in [0.2, 0.25) is 0 Å². The molecule has 0 amide bonds. The van der Waals surface area contributed by atoms with Crippen LogP contribution in [-0.2, 0) is 14.3 Å². The van der Waals surface area contributed by atoms with E-state index in [1.165, 1.54) is 19.3 Å². The van der Waals surface area contributed by atoms with Crippen molar-refractivity contribution in [2.75, 3.05) is 0 Å². The number of ether oxygens (including phenoxy) is 1. The molecule has 0 radical (unpaired) electrons. The fraction of sp³-hybridized carbons (Fsp3) is 0.889. The van der Waals surface area contributed by atoms with E-state index in [2.05, 4.69) is 6.92 Å². The molecule has 0 bridgehead atoms. The van der Waals surface area contributed by atoms with E-state index in [9.17, 15) is 9.59 Å². The molecule has 2 fully saturated rings. The molecule has 3 nitrogen and oxygen atoms in total. The summed E-state index contributed by atoms with van der Waals surface area (Å²) < 4.78 is 5.72.